The molecule has 2 amide bonds. The van der Waals surface area contributed by atoms with E-state index in [0.29, 0.717) is 26.2 Å². The van der Waals surface area contributed by atoms with Gasteiger partial charge in [0.15, 0.2) is 0 Å². The maximum atomic E-state index is 13.1. The van der Waals surface area contributed by atoms with Crippen LogP contribution in [-0.2, 0) is 16.1 Å². The number of nitrogens with zero attached hydrogens (tertiary/aromatic N) is 5. The first kappa shape index (κ1) is 22.5. The Labute approximate surface area is 193 Å². The van der Waals surface area contributed by atoms with Crippen molar-refractivity contribution in [2.24, 2.45) is 0 Å². The third-order valence-electron chi connectivity index (χ3n) is 5.43. The molecule has 33 heavy (non-hydrogen) atoms. The molecule has 0 bridgehead atoms. The zero-order chi connectivity index (χ0) is 23.4. The van der Waals surface area contributed by atoms with Gasteiger partial charge in [0, 0.05) is 49.7 Å². The van der Waals surface area contributed by atoms with Gasteiger partial charge in [-0.25, -0.2) is 9.78 Å². The van der Waals surface area contributed by atoms with Crippen LogP contribution >= 0.6 is 0 Å². The molecule has 0 radical (unpaired) electrons. The number of ether oxygens (including phenoxy) is 1. The van der Waals surface area contributed by atoms with Gasteiger partial charge in [-0.15, -0.1) is 0 Å². The highest BCUT2D eigenvalue weighted by atomic mass is 16.6. The number of pyridine rings is 1. The van der Waals surface area contributed by atoms with Gasteiger partial charge in [-0.1, -0.05) is 30.3 Å². The highest BCUT2D eigenvalue weighted by Gasteiger charge is 2.28. The molecular weight excluding hydrogens is 418 g/mol. The highest BCUT2D eigenvalue weighted by molar-refractivity contribution is 5.82. The van der Waals surface area contributed by atoms with E-state index in [9.17, 15) is 9.59 Å². The Balaban J connectivity index is 1.49. The number of imidazole rings is 1. The maximum Gasteiger partial charge on any atom is 0.410 e. The summed E-state index contributed by atoms with van der Waals surface area (Å²) < 4.78 is 7.33. The Hall–Kier alpha value is -3.68. The van der Waals surface area contributed by atoms with Crippen molar-refractivity contribution in [3.05, 3.63) is 61.2 Å². The summed E-state index contributed by atoms with van der Waals surface area (Å²) in [6.07, 6.45) is 4.85. The van der Waals surface area contributed by atoms with E-state index >= 15 is 0 Å². The second-order valence-electron chi connectivity index (χ2n) is 9.02. The normalized spacial score (nSPS) is 14.3. The molecular formula is C25H29N5O3. The molecule has 1 aliphatic rings. The minimum absolute atomic E-state index is 0.00819. The van der Waals surface area contributed by atoms with Crippen LogP contribution in [0.1, 0.15) is 20.8 Å². The van der Waals surface area contributed by atoms with E-state index < -0.39 is 5.60 Å². The van der Waals surface area contributed by atoms with Crippen LogP contribution in [0.3, 0.4) is 0 Å². The minimum Gasteiger partial charge on any atom is -0.444 e. The number of hydrogen-bond donors (Lipinski definition) is 0. The Bertz CT molecular complexity index is 1100. The lowest BCUT2D eigenvalue weighted by atomic mass is 10.1. The molecule has 4 rings (SSSR count). The number of carbonyl (C=O) groups excluding carboxylic acids is 2. The summed E-state index contributed by atoms with van der Waals surface area (Å²) in [5.41, 5.74) is 3.10. The molecule has 1 saturated heterocycles. The predicted octanol–water partition coefficient (Wildman–Crippen LogP) is 3.69. The van der Waals surface area contributed by atoms with Gasteiger partial charge in [0.2, 0.25) is 5.91 Å². The molecule has 8 nitrogen and oxygen atoms in total. The standard InChI is InChI=1S/C25H29N5O3/c1-25(2,3)33-24(32)29-15-13-28(14-16-29)21(31)17-30-18-27-22(19-7-5-4-6-8-19)23(30)20-9-11-26-12-10-20/h4-12,18H,13-17H2,1-3H3. The molecule has 1 aliphatic heterocycles. The lowest BCUT2D eigenvalue weighted by Crippen LogP contribution is -2.52. The van der Waals surface area contributed by atoms with Crippen LogP contribution in [0.5, 0.6) is 0 Å². The van der Waals surface area contributed by atoms with E-state index in [2.05, 4.69) is 9.97 Å². The summed E-state index contributed by atoms with van der Waals surface area (Å²) in [7, 11) is 0. The zero-order valence-electron chi connectivity index (χ0n) is 19.3. The van der Waals surface area contributed by atoms with E-state index in [1.54, 1.807) is 28.5 Å². The number of hydrogen-bond acceptors (Lipinski definition) is 5. The van der Waals surface area contributed by atoms with Gasteiger partial charge in [-0.05, 0) is 32.9 Å². The van der Waals surface area contributed by atoms with E-state index in [1.807, 2.05) is 67.8 Å². The van der Waals surface area contributed by atoms with Crippen LogP contribution in [0, 0.1) is 0 Å². The number of rotatable bonds is 4. The summed E-state index contributed by atoms with van der Waals surface area (Å²) in [5.74, 6) is -0.00819. The molecule has 172 valence electrons. The first-order valence-electron chi connectivity index (χ1n) is 11.1. The van der Waals surface area contributed by atoms with Gasteiger partial charge in [0.05, 0.1) is 17.7 Å². The van der Waals surface area contributed by atoms with E-state index in [4.69, 9.17) is 4.74 Å². The fourth-order valence-electron chi connectivity index (χ4n) is 3.83. The van der Waals surface area contributed by atoms with Crippen molar-refractivity contribution in [3.8, 4) is 22.5 Å². The van der Waals surface area contributed by atoms with Crippen LogP contribution in [0.15, 0.2) is 61.2 Å². The topological polar surface area (TPSA) is 80.6 Å². The molecule has 0 unspecified atom stereocenters. The largest absolute Gasteiger partial charge is 0.444 e. The average Bonchev–Trinajstić information content (AvgIpc) is 3.22. The minimum atomic E-state index is -0.536. The van der Waals surface area contributed by atoms with Crippen molar-refractivity contribution < 1.29 is 14.3 Å². The first-order valence-corrected chi connectivity index (χ1v) is 11.1. The van der Waals surface area contributed by atoms with Crippen molar-refractivity contribution in [1.82, 2.24) is 24.3 Å². The summed E-state index contributed by atoms with van der Waals surface area (Å²) in [6, 6.07) is 13.8. The molecule has 3 aromatic rings. The third-order valence-corrected chi connectivity index (χ3v) is 5.43. The molecule has 0 atom stereocenters. The lowest BCUT2D eigenvalue weighted by molar-refractivity contribution is -0.133. The number of benzene rings is 1. The van der Waals surface area contributed by atoms with Crippen molar-refractivity contribution in [1.29, 1.82) is 0 Å². The number of carbonyl (C=O) groups is 2. The third kappa shape index (κ3) is 5.39. The molecule has 0 saturated carbocycles. The number of amides is 2. The van der Waals surface area contributed by atoms with Crippen molar-refractivity contribution in [3.63, 3.8) is 0 Å². The quantitative estimate of drug-likeness (QED) is 0.609. The SMILES string of the molecule is CC(C)(C)OC(=O)N1CCN(C(=O)Cn2cnc(-c3ccccc3)c2-c2ccncc2)CC1. The van der Waals surface area contributed by atoms with E-state index in [-0.39, 0.29) is 18.5 Å². The molecule has 3 heterocycles. The van der Waals surface area contributed by atoms with Crippen LogP contribution in [-0.4, -0.2) is 68.1 Å². The van der Waals surface area contributed by atoms with Gasteiger partial charge < -0.3 is 19.1 Å². The number of piperazine rings is 1. The molecule has 0 N–H and O–H groups in total. The Morgan fingerprint density at radius 2 is 1.55 bits per heavy atom. The van der Waals surface area contributed by atoms with Crippen LogP contribution in [0.25, 0.3) is 22.5 Å². The summed E-state index contributed by atoms with van der Waals surface area (Å²) in [6.45, 7) is 7.57. The van der Waals surface area contributed by atoms with Crippen molar-refractivity contribution in [2.75, 3.05) is 26.2 Å². The van der Waals surface area contributed by atoms with E-state index in [1.165, 1.54) is 0 Å². The van der Waals surface area contributed by atoms with Gasteiger partial charge in [0.1, 0.15) is 12.1 Å². The fraction of sp³-hybridized carbons (Fsp3) is 0.360. The smallest absolute Gasteiger partial charge is 0.410 e. The van der Waals surface area contributed by atoms with Gasteiger partial charge in [-0.2, -0.15) is 0 Å². The Morgan fingerprint density at radius 1 is 0.909 bits per heavy atom. The van der Waals surface area contributed by atoms with Crippen molar-refractivity contribution >= 4 is 12.0 Å². The second-order valence-corrected chi connectivity index (χ2v) is 9.02. The van der Waals surface area contributed by atoms with Gasteiger partial charge in [-0.3, -0.25) is 9.78 Å². The monoisotopic (exact) mass is 447 g/mol. The van der Waals surface area contributed by atoms with Crippen LogP contribution < -0.4 is 0 Å². The van der Waals surface area contributed by atoms with Crippen LogP contribution in [0.4, 0.5) is 4.79 Å². The summed E-state index contributed by atoms with van der Waals surface area (Å²) in [4.78, 5) is 37.6. The predicted molar refractivity (Wildman–Crippen MR) is 125 cm³/mol. The van der Waals surface area contributed by atoms with Gasteiger partial charge in [0.25, 0.3) is 0 Å². The summed E-state index contributed by atoms with van der Waals surface area (Å²) in [5, 5.41) is 0. The van der Waals surface area contributed by atoms with E-state index in [0.717, 1.165) is 22.5 Å². The Kier molecular flexibility index (Phi) is 6.44. The number of aromatic nitrogens is 3. The lowest BCUT2D eigenvalue weighted by Gasteiger charge is -2.35. The maximum absolute atomic E-state index is 13.1. The van der Waals surface area contributed by atoms with Gasteiger partial charge >= 0.3 is 6.09 Å². The van der Waals surface area contributed by atoms with Crippen LogP contribution in [0.2, 0.25) is 0 Å². The molecule has 2 aromatic heterocycles. The molecule has 1 fully saturated rings. The zero-order valence-corrected chi connectivity index (χ0v) is 19.3. The first-order chi connectivity index (χ1) is 15.8. The highest BCUT2D eigenvalue weighted by Crippen LogP contribution is 2.31. The molecule has 0 aliphatic carbocycles. The molecule has 0 spiro atoms. The molecule has 1 aromatic carbocycles. The Morgan fingerprint density at radius 3 is 2.18 bits per heavy atom. The summed E-state index contributed by atoms with van der Waals surface area (Å²) >= 11 is 0. The van der Waals surface area contributed by atoms with Crippen molar-refractivity contribution in [2.45, 2.75) is 32.9 Å². The average molecular weight is 448 g/mol. The molecule has 8 heteroatoms. The fourth-order valence-corrected chi connectivity index (χ4v) is 3.83. The second kappa shape index (κ2) is 9.44.